The average Bonchev–Trinajstić information content (AvgIpc) is 3.44. The number of fused-ring (bicyclic) bond motifs is 8. The van der Waals surface area contributed by atoms with E-state index in [2.05, 4.69) is 48.5 Å². The summed E-state index contributed by atoms with van der Waals surface area (Å²) in [6.45, 7) is 0. The molecule has 0 amide bonds. The van der Waals surface area contributed by atoms with Crippen molar-refractivity contribution in [3.8, 4) is 0 Å². The standard InChI is InChI=1S/C22H16O3/c23-19-15-8-7-13-9-16-12(6-5-11-3-1-2-4-14(11)16)10-17(13)18(15)21-22(25-21)20(19)24/h1-10,19-24H/t19-,20+,21+,22?/m1/s1. The molecule has 122 valence electrons. The highest BCUT2D eigenvalue weighted by Gasteiger charge is 2.54. The van der Waals surface area contributed by atoms with Crippen molar-refractivity contribution in [1.29, 1.82) is 0 Å². The molecule has 6 rings (SSSR count). The third kappa shape index (κ3) is 1.75. The molecule has 4 aromatic carbocycles. The molecule has 1 fully saturated rings. The van der Waals surface area contributed by atoms with Crippen LogP contribution >= 0.6 is 0 Å². The molecule has 4 aromatic rings. The molecule has 3 nitrogen and oxygen atoms in total. The number of hydrogen-bond acceptors (Lipinski definition) is 3. The fraction of sp³-hybridized carbons (Fsp3) is 0.182. The Kier molecular flexibility index (Phi) is 2.53. The van der Waals surface area contributed by atoms with Gasteiger partial charge in [-0.2, -0.15) is 0 Å². The van der Waals surface area contributed by atoms with Crippen LogP contribution in [0.5, 0.6) is 0 Å². The number of epoxide rings is 1. The van der Waals surface area contributed by atoms with Crippen LogP contribution in [-0.2, 0) is 4.74 Å². The zero-order valence-electron chi connectivity index (χ0n) is 13.4. The smallest absolute Gasteiger partial charge is 0.118 e. The van der Waals surface area contributed by atoms with Crippen LogP contribution < -0.4 is 0 Å². The maximum absolute atomic E-state index is 10.4. The highest BCUT2D eigenvalue weighted by atomic mass is 16.6. The van der Waals surface area contributed by atoms with Gasteiger partial charge in [-0.05, 0) is 55.6 Å². The van der Waals surface area contributed by atoms with Crippen molar-refractivity contribution >= 4 is 32.3 Å². The molecular weight excluding hydrogens is 312 g/mol. The number of benzene rings is 4. The van der Waals surface area contributed by atoms with Gasteiger partial charge in [0.1, 0.15) is 24.4 Å². The SMILES string of the molecule is O[C@@H]1c2ccc3cc4c(ccc5ccccc54)cc3c2[C@@H]2OC2[C@H]1O. The summed E-state index contributed by atoms with van der Waals surface area (Å²) in [6.07, 6.45) is -2.09. The molecule has 0 bridgehead atoms. The molecule has 0 saturated carbocycles. The van der Waals surface area contributed by atoms with E-state index in [1.54, 1.807) is 0 Å². The first-order valence-electron chi connectivity index (χ1n) is 8.62. The number of rotatable bonds is 0. The second-order valence-electron chi connectivity index (χ2n) is 7.11. The van der Waals surface area contributed by atoms with Gasteiger partial charge in [0.25, 0.3) is 0 Å². The lowest BCUT2D eigenvalue weighted by Gasteiger charge is -2.24. The van der Waals surface area contributed by atoms with Gasteiger partial charge in [0, 0.05) is 0 Å². The molecule has 4 atom stereocenters. The summed E-state index contributed by atoms with van der Waals surface area (Å²) < 4.78 is 5.67. The predicted octanol–water partition coefficient (Wildman–Crippen LogP) is 3.99. The van der Waals surface area contributed by atoms with Crippen LogP contribution in [0.15, 0.2) is 60.7 Å². The molecule has 1 heterocycles. The number of ether oxygens (including phenoxy) is 1. The normalized spacial score (nSPS) is 27.4. The number of aliphatic hydroxyl groups is 2. The van der Waals surface area contributed by atoms with E-state index in [4.69, 9.17) is 4.74 Å². The third-order valence-corrected chi connectivity index (χ3v) is 5.75. The lowest BCUT2D eigenvalue weighted by molar-refractivity contribution is 0.000106. The second-order valence-corrected chi connectivity index (χ2v) is 7.11. The Morgan fingerprint density at radius 1 is 0.720 bits per heavy atom. The van der Waals surface area contributed by atoms with Crippen molar-refractivity contribution in [2.24, 2.45) is 0 Å². The predicted molar refractivity (Wildman–Crippen MR) is 97.5 cm³/mol. The third-order valence-electron chi connectivity index (χ3n) is 5.75. The summed E-state index contributed by atoms with van der Waals surface area (Å²) in [7, 11) is 0. The number of aliphatic hydroxyl groups excluding tert-OH is 2. The molecule has 3 heteroatoms. The topological polar surface area (TPSA) is 53.0 Å². The van der Waals surface area contributed by atoms with Gasteiger partial charge in [-0.25, -0.2) is 0 Å². The minimum absolute atomic E-state index is 0.102. The van der Waals surface area contributed by atoms with Crippen LogP contribution in [0.25, 0.3) is 32.3 Å². The molecular formula is C22H16O3. The fourth-order valence-corrected chi connectivity index (χ4v) is 4.42. The van der Waals surface area contributed by atoms with Gasteiger partial charge in [-0.3, -0.25) is 0 Å². The average molecular weight is 328 g/mol. The lowest BCUT2D eigenvalue weighted by Crippen LogP contribution is -2.29. The monoisotopic (exact) mass is 328 g/mol. The fourth-order valence-electron chi connectivity index (χ4n) is 4.42. The molecule has 0 spiro atoms. The van der Waals surface area contributed by atoms with E-state index >= 15 is 0 Å². The molecule has 0 radical (unpaired) electrons. The molecule has 1 unspecified atom stereocenters. The van der Waals surface area contributed by atoms with E-state index < -0.39 is 12.2 Å². The van der Waals surface area contributed by atoms with Gasteiger partial charge in [0.05, 0.1) is 0 Å². The summed E-state index contributed by atoms with van der Waals surface area (Å²) >= 11 is 0. The molecule has 1 aliphatic heterocycles. The second kappa shape index (κ2) is 4.58. The Labute approximate surface area is 144 Å². The maximum Gasteiger partial charge on any atom is 0.118 e. The van der Waals surface area contributed by atoms with Gasteiger partial charge in [-0.15, -0.1) is 0 Å². The van der Waals surface area contributed by atoms with Gasteiger partial charge in [0.15, 0.2) is 0 Å². The summed E-state index contributed by atoms with van der Waals surface area (Å²) in [4.78, 5) is 0. The Morgan fingerprint density at radius 2 is 1.44 bits per heavy atom. The zero-order valence-corrected chi connectivity index (χ0v) is 13.4. The van der Waals surface area contributed by atoms with E-state index in [1.807, 2.05) is 12.1 Å². The first-order valence-corrected chi connectivity index (χ1v) is 8.62. The molecule has 25 heavy (non-hydrogen) atoms. The van der Waals surface area contributed by atoms with E-state index in [-0.39, 0.29) is 12.2 Å². The van der Waals surface area contributed by atoms with Crippen LogP contribution in [0.1, 0.15) is 23.3 Å². The van der Waals surface area contributed by atoms with Gasteiger partial charge < -0.3 is 14.9 Å². The molecule has 2 N–H and O–H groups in total. The van der Waals surface area contributed by atoms with Crippen LogP contribution in [0, 0.1) is 0 Å². The van der Waals surface area contributed by atoms with Crippen molar-refractivity contribution in [2.75, 3.05) is 0 Å². The Bertz CT molecular complexity index is 1180. The van der Waals surface area contributed by atoms with Gasteiger partial charge in [-0.1, -0.05) is 48.5 Å². The highest BCUT2D eigenvalue weighted by molar-refractivity contribution is 6.12. The van der Waals surface area contributed by atoms with E-state index in [0.717, 1.165) is 21.9 Å². The Balaban J connectivity index is 1.72. The van der Waals surface area contributed by atoms with Crippen LogP contribution in [0.2, 0.25) is 0 Å². The Morgan fingerprint density at radius 3 is 2.36 bits per heavy atom. The van der Waals surface area contributed by atoms with Crippen molar-refractivity contribution in [3.63, 3.8) is 0 Å². The largest absolute Gasteiger partial charge is 0.387 e. The van der Waals surface area contributed by atoms with E-state index in [9.17, 15) is 10.2 Å². The van der Waals surface area contributed by atoms with Crippen molar-refractivity contribution < 1.29 is 14.9 Å². The summed E-state index contributed by atoms with van der Waals surface area (Å²) in [5, 5.41) is 27.7. The van der Waals surface area contributed by atoms with Gasteiger partial charge >= 0.3 is 0 Å². The molecule has 2 aliphatic rings. The first-order chi connectivity index (χ1) is 12.2. The molecule has 1 aliphatic carbocycles. The van der Waals surface area contributed by atoms with Crippen LogP contribution in [0.3, 0.4) is 0 Å². The lowest BCUT2D eigenvalue weighted by atomic mass is 9.83. The minimum atomic E-state index is -0.879. The Hall–Kier alpha value is -2.46. The molecule has 0 aromatic heterocycles. The van der Waals surface area contributed by atoms with Crippen molar-refractivity contribution in [1.82, 2.24) is 0 Å². The summed E-state index contributed by atoms with van der Waals surface area (Å²) in [5.74, 6) is 0. The van der Waals surface area contributed by atoms with Crippen molar-refractivity contribution in [2.45, 2.75) is 24.4 Å². The van der Waals surface area contributed by atoms with Crippen LogP contribution in [0.4, 0.5) is 0 Å². The maximum atomic E-state index is 10.4. The first kappa shape index (κ1) is 13.8. The van der Waals surface area contributed by atoms with E-state index in [0.29, 0.717) is 0 Å². The number of hydrogen-bond donors (Lipinski definition) is 2. The van der Waals surface area contributed by atoms with E-state index in [1.165, 1.54) is 21.5 Å². The molecule has 1 saturated heterocycles. The summed E-state index contributed by atoms with van der Waals surface area (Å²) in [6, 6.07) is 21.1. The summed E-state index contributed by atoms with van der Waals surface area (Å²) in [5.41, 5.74) is 1.83. The highest BCUT2D eigenvalue weighted by Crippen LogP contribution is 2.53. The van der Waals surface area contributed by atoms with Crippen molar-refractivity contribution in [3.05, 3.63) is 71.8 Å². The minimum Gasteiger partial charge on any atom is -0.387 e. The van der Waals surface area contributed by atoms with Gasteiger partial charge in [0.2, 0.25) is 0 Å². The van der Waals surface area contributed by atoms with Crippen LogP contribution in [-0.4, -0.2) is 22.4 Å². The zero-order chi connectivity index (χ0) is 16.7. The quantitative estimate of drug-likeness (QED) is 0.291.